The Morgan fingerprint density at radius 3 is 2.48 bits per heavy atom. The molecular weight excluding hydrogens is 344 g/mol. The highest BCUT2D eigenvalue weighted by molar-refractivity contribution is 5.94. The molecule has 1 aromatic rings. The van der Waals surface area contributed by atoms with Gasteiger partial charge in [0.25, 0.3) is 5.91 Å². The van der Waals surface area contributed by atoms with Gasteiger partial charge in [0.15, 0.2) is 11.5 Å². The molecule has 1 unspecified atom stereocenters. The molecule has 1 aliphatic heterocycles. The van der Waals surface area contributed by atoms with E-state index in [0.717, 1.165) is 32.7 Å². The van der Waals surface area contributed by atoms with E-state index in [2.05, 4.69) is 24.1 Å². The van der Waals surface area contributed by atoms with Gasteiger partial charge in [-0.05, 0) is 44.4 Å². The molecule has 0 bridgehead atoms. The minimum absolute atomic E-state index is 0.0453. The van der Waals surface area contributed by atoms with Crippen LogP contribution in [0.5, 0.6) is 11.5 Å². The second-order valence-corrected chi connectivity index (χ2v) is 7.67. The molecule has 6 heteroatoms. The van der Waals surface area contributed by atoms with Crippen molar-refractivity contribution < 1.29 is 19.0 Å². The van der Waals surface area contributed by atoms with Crippen LogP contribution in [-0.4, -0.2) is 62.9 Å². The van der Waals surface area contributed by atoms with Crippen LogP contribution in [-0.2, 0) is 4.74 Å². The molecule has 1 aromatic carbocycles. The molecule has 0 saturated carbocycles. The van der Waals surface area contributed by atoms with Gasteiger partial charge in [0.2, 0.25) is 0 Å². The summed E-state index contributed by atoms with van der Waals surface area (Å²) in [4.78, 5) is 15.1. The van der Waals surface area contributed by atoms with E-state index in [0.29, 0.717) is 35.6 Å². The van der Waals surface area contributed by atoms with E-state index in [1.165, 1.54) is 0 Å². The van der Waals surface area contributed by atoms with Crippen molar-refractivity contribution in [2.45, 2.75) is 46.3 Å². The minimum atomic E-state index is -0.0913. The lowest BCUT2D eigenvalue weighted by Crippen LogP contribution is -2.49. The summed E-state index contributed by atoms with van der Waals surface area (Å²) < 4.78 is 16.6. The first-order chi connectivity index (χ1) is 12.9. The van der Waals surface area contributed by atoms with Gasteiger partial charge in [-0.3, -0.25) is 9.69 Å². The monoisotopic (exact) mass is 378 g/mol. The summed E-state index contributed by atoms with van der Waals surface area (Å²) in [7, 11) is 1.58. The average Bonchev–Trinajstić information content (AvgIpc) is 2.65. The highest BCUT2D eigenvalue weighted by atomic mass is 16.5. The van der Waals surface area contributed by atoms with Crippen LogP contribution >= 0.6 is 0 Å². The number of carbonyl (C=O) groups is 1. The maximum Gasteiger partial charge on any atom is 0.251 e. The normalized spacial score (nSPS) is 16.4. The molecule has 27 heavy (non-hydrogen) atoms. The second-order valence-electron chi connectivity index (χ2n) is 7.67. The third-order valence-corrected chi connectivity index (χ3v) is 4.59. The van der Waals surface area contributed by atoms with E-state index in [1.807, 2.05) is 13.8 Å². The molecule has 0 radical (unpaired) electrons. The Hall–Kier alpha value is -1.79. The third kappa shape index (κ3) is 6.70. The number of morpholine rings is 1. The fraction of sp³-hybridized carbons (Fsp3) is 0.667. The Morgan fingerprint density at radius 1 is 1.19 bits per heavy atom. The Balaban J connectivity index is 2.01. The smallest absolute Gasteiger partial charge is 0.251 e. The number of benzene rings is 1. The van der Waals surface area contributed by atoms with Crippen molar-refractivity contribution in [2.75, 3.05) is 40.0 Å². The van der Waals surface area contributed by atoms with Crippen LogP contribution in [0.25, 0.3) is 0 Å². The molecule has 2 rings (SSSR count). The molecule has 1 aliphatic rings. The lowest BCUT2D eigenvalue weighted by atomic mass is 10.0. The number of methoxy groups -OCH3 is 1. The minimum Gasteiger partial charge on any atom is -0.493 e. The summed E-state index contributed by atoms with van der Waals surface area (Å²) in [6.07, 6.45) is 1.09. The molecule has 1 atom stereocenters. The Labute approximate surface area is 163 Å². The summed E-state index contributed by atoms with van der Waals surface area (Å²) in [5.41, 5.74) is 0.577. The lowest BCUT2D eigenvalue weighted by Gasteiger charge is -2.35. The van der Waals surface area contributed by atoms with Crippen molar-refractivity contribution in [3.05, 3.63) is 23.8 Å². The van der Waals surface area contributed by atoms with Crippen molar-refractivity contribution >= 4 is 5.91 Å². The van der Waals surface area contributed by atoms with Crippen LogP contribution in [0.1, 0.15) is 44.5 Å². The van der Waals surface area contributed by atoms with Gasteiger partial charge in [-0.2, -0.15) is 0 Å². The quantitative estimate of drug-likeness (QED) is 0.716. The van der Waals surface area contributed by atoms with Crippen molar-refractivity contribution in [2.24, 2.45) is 5.92 Å². The molecular formula is C21H34N2O4. The van der Waals surface area contributed by atoms with Crippen LogP contribution in [0.2, 0.25) is 0 Å². The first kappa shape index (κ1) is 21.5. The van der Waals surface area contributed by atoms with E-state index >= 15 is 0 Å². The molecule has 1 heterocycles. The molecule has 152 valence electrons. The number of ether oxygens (including phenoxy) is 3. The molecule has 6 nitrogen and oxygen atoms in total. The zero-order chi connectivity index (χ0) is 19.8. The van der Waals surface area contributed by atoms with Crippen LogP contribution in [0.15, 0.2) is 18.2 Å². The van der Waals surface area contributed by atoms with Crippen molar-refractivity contribution in [3.63, 3.8) is 0 Å². The number of hydrogen-bond donors (Lipinski definition) is 1. The first-order valence-corrected chi connectivity index (χ1v) is 9.85. The summed E-state index contributed by atoms with van der Waals surface area (Å²) in [6.45, 7) is 12.3. The van der Waals surface area contributed by atoms with E-state index in [9.17, 15) is 4.79 Å². The zero-order valence-electron chi connectivity index (χ0n) is 17.3. The van der Waals surface area contributed by atoms with Crippen LogP contribution < -0.4 is 14.8 Å². The van der Waals surface area contributed by atoms with E-state index in [-0.39, 0.29) is 12.0 Å². The summed E-state index contributed by atoms with van der Waals surface area (Å²) in [6, 6.07) is 5.63. The highest BCUT2D eigenvalue weighted by Gasteiger charge is 2.23. The van der Waals surface area contributed by atoms with Crippen molar-refractivity contribution in [3.8, 4) is 11.5 Å². The fourth-order valence-corrected chi connectivity index (χ4v) is 3.32. The lowest BCUT2D eigenvalue weighted by molar-refractivity contribution is 0.0124. The molecule has 0 spiro atoms. The Bertz CT molecular complexity index is 598. The molecule has 0 aromatic heterocycles. The van der Waals surface area contributed by atoms with E-state index < -0.39 is 0 Å². The summed E-state index contributed by atoms with van der Waals surface area (Å²) in [5, 5.41) is 3.10. The molecule has 1 amide bonds. The average molecular weight is 379 g/mol. The van der Waals surface area contributed by atoms with Gasteiger partial charge in [-0.1, -0.05) is 13.8 Å². The van der Waals surface area contributed by atoms with Crippen LogP contribution in [0.4, 0.5) is 0 Å². The summed E-state index contributed by atoms with van der Waals surface area (Å²) >= 11 is 0. The number of nitrogens with one attached hydrogen (secondary N) is 1. The topological polar surface area (TPSA) is 60.0 Å². The van der Waals surface area contributed by atoms with Crippen molar-refractivity contribution in [1.29, 1.82) is 0 Å². The van der Waals surface area contributed by atoms with E-state index in [1.54, 1.807) is 25.3 Å². The Morgan fingerprint density at radius 2 is 1.89 bits per heavy atom. The van der Waals surface area contributed by atoms with Gasteiger partial charge in [-0.15, -0.1) is 0 Å². The number of carbonyl (C=O) groups excluding carboxylic acids is 1. The maximum atomic E-state index is 12.7. The van der Waals surface area contributed by atoms with Crippen molar-refractivity contribution in [1.82, 2.24) is 10.2 Å². The zero-order valence-corrected chi connectivity index (χ0v) is 17.3. The van der Waals surface area contributed by atoms with Crippen LogP contribution in [0, 0.1) is 5.92 Å². The predicted molar refractivity (Wildman–Crippen MR) is 107 cm³/mol. The predicted octanol–water partition coefficient (Wildman–Crippen LogP) is 2.96. The molecule has 1 N–H and O–H groups in total. The van der Waals surface area contributed by atoms with E-state index in [4.69, 9.17) is 14.2 Å². The third-order valence-electron chi connectivity index (χ3n) is 4.59. The van der Waals surface area contributed by atoms with Gasteiger partial charge in [0.1, 0.15) is 0 Å². The molecule has 0 aliphatic carbocycles. The van der Waals surface area contributed by atoms with Gasteiger partial charge >= 0.3 is 0 Å². The first-order valence-electron chi connectivity index (χ1n) is 9.85. The van der Waals surface area contributed by atoms with Crippen LogP contribution in [0.3, 0.4) is 0 Å². The fourth-order valence-electron chi connectivity index (χ4n) is 3.32. The summed E-state index contributed by atoms with van der Waals surface area (Å²) in [5.74, 6) is 1.70. The SMILES string of the molecule is COc1cc(C(=O)NCC(CC(C)C)N2CCOCC2)ccc1OC(C)C. The van der Waals surface area contributed by atoms with Gasteiger partial charge in [0, 0.05) is 31.2 Å². The Kier molecular flexibility index (Phi) is 8.38. The number of hydrogen-bond acceptors (Lipinski definition) is 5. The number of nitrogens with zero attached hydrogens (tertiary/aromatic N) is 1. The van der Waals surface area contributed by atoms with Gasteiger partial charge < -0.3 is 19.5 Å². The maximum absolute atomic E-state index is 12.7. The standard InChI is InChI=1S/C21H34N2O4/c1-15(2)12-18(23-8-10-26-11-9-23)14-22-21(24)17-6-7-19(27-16(3)4)20(13-17)25-5/h6-7,13,15-16,18H,8-12,14H2,1-5H3,(H,22,24). The molecule has 1 fully saturated rings. The highest BCUT2D eigenvalue weighted by Crippen LogP contribution is 2.29. The second kappa shape index (κ2) is 10.5. The number of rotatable bonds is 9. The number of amides is 1. The molecule has 1 saturated heterocycles. The van der Waals surface area contributed by atoms with Gasteiger partial charge in [0.05, 0.1) is 26.4 Å². The van der Waals surface area contributed by atoms with Gasteiger partial charge in [-0.25, -0.2) is 0 Å². The largest absolute Gasteiger partial charge is 0.493 e.